The molecule has 144 valence electrons. The van der Waals surface area contributed by atoms with Gasteiger partial charge in [-0.25, -0.2) is 21.9 Å². The van der Waals surface area contributed by atoms with Crippen molar-refractivity contribution in [3.8, 4) is 0 Å². The van der Waals surface area contributed by atoms with Crippen molar-refractivity contribution >= 4 is 31.9 Å². The molecule has 0 atom stereocenters. The van der Waals surface area contributed by atoms with Gasteiger partial charge in [0.2, 0.25) is 10.0 Å². The smallest absolute Gasteiger partial charge is 0.255 e. The summed E-state index contributed by atoms with van der Waals surface area (Å²) in [6, 6.07) is 8.17. The number of carbonyl (C=O) groups excluding carboxylic acids is 1. The summed E-state index contributed by atoms with van der Waals surface area (Å²) in [7, 11) is -3.75. The normalized spacial score (nSPS) is 15.7. The number of hydrogen-bond donors (Lipinski definition) is 1. The van der Waals surface area contributed by atoms with Crippen LogP contribution in [0.25, 0.3) is 0 Å². The quantitative estimate of drug-likeness (QED) is 0.763. The molecule has 1 saturated heterocycles. The van der Waals surface area contributed by atoms with Gasteiger partial charge in [0.05, 0.1) is 10.5 Å². The molecule has 1 heterocycles. The molecule has 1 N–H and O–H groups in total. The zero-order valence-corrected chi connectivity index (χ0v) is 16.6. The maximum absolute atomic E-state index is 13.2. The number of nitrogens with one attached hydrogen (secondary N) is 1. The number of amides is 1. The van der Waals surface area contributed by atoms with Gasteiger partial charge in [-0.2, -0.15) is 0 Å². The highest BCUT2D eigenvalue weighted by molar-refractivity contribution is 9.10. The van der Waals surface area contributed by atoms with Crippen LogP contribution >= 0.6 is 15.9 Å². The van der Waals surface area contributed by atoms with E-state index in [-0.39, 0.29) is 16.8 Å². The lowest BCUT2D eigenvalue weighted by atomic mass is 10.0. The van der Waals surface area contributed by atoms with Gasteiger partial charge in [0, 0.05) is 23.6 Å². The molecular formula is C18H17BrF2N2O3S. The van der Waals surface area contributed by atoms with E-state index in [1.54, 1.807) is 4.90 Å². The molecule has 0 aromatic heterocycles. The van der Waals surface area contributed by atoms with Crippen LogP contribution in [0.2, 0.25) is 0 Å². The number of sulfonamides is 1. The minimum Gasteiger partial charge on any atom is -0.338 e. The highest BCUT2D eigenvalue weighted by Gasteiger charge is 2.28. The summed E-state index contributed by atoms with van der Waals surface area (Å²) in [4.78, 5) is 14.2. The lowest BCUT2D eigenvalue weighted by molar-refractivity contribution is 0.0710. The van der Waals surface area contributed by atoms with E-state index in [1.807, 2.05) is 0 Å². The number of nitrogens with zero attached hydrogens (tertiary/aromatic N) is 1. The number of piperidine rings is 1. The van der Waals surface area contributed by atoms with Crippen molar-refractivity contribution in [3.05, 3.63) is 64.1 Å². The van der Waals surface area contributed by atoms with E-state index in [0.717, 1.165) is 12.1 Å². The van der Waals surface area contributed by atoms with Crippen molar-refractivity contribution in [2.75, 3.05) is 13.1 Å². The SMILES string of the molecule is O=C(c1ccc(F)cc1Br)N1CCC(NS(=O)(=O)c2ccc(F)cc2)CC1. The Kier molecular flexibility index (Phi) is 5.92. The van der Waals surface area contributed by atoms with Crippen molar-refractivity contribution < 1.29 is 22.0 Å². The third kappa shape index (κ3) is 4.72. The van der Waals surface area contributed by atoms with Crippen LogP contribution in [0.1, 0.15) is 23.2 Å². The number of halogens is 3. The van der Waals surface area contributed by atoms with Crippen LogP contribution in [0.5, 0.6) is 0 Å². The van der Waals surface area contributed by atoms with E-state index in [2.05, 4.69) is 20.7 Å². The van der Waals surface area contributed by atoms with Gasteiger partial charge in [-0.05, 0) is 71.2 Å². The van der Waals surface area contributed by atoms with E-state index in [0.29, 0.717) is 36.0 Å². The maximum Gasteiger partial charge on any atom is 0.255 e. The number of carbonyl (C=O) groups is 1. The van der Waals surface area contributed by atoms with Crippen molar-refractivity contribution in [2.45, 2.75) is 23.8 Å². The zero-order chi connectivity index (χ0) is 19.6. The first-order valence-electron chi connectivity index (χ1n) is 8.28. The van der Waals surface area contributed by atoms with E-state index in [9.17, 15) is 22.0 Å². The second-order valence-electron chi connectivity index (χ2n) is 6.27. The van der Waals surface area contributed by atoms with Gasteiger partial charge in [-0.15, -0.1) is 0 Å². The van der Waals surface area contributed by atoms with E-state index < -0.39 is 21.7 Å². The van der Waals surface area contributed by atoms with Gasteiger partial charge in [0.1, 0.15) is 11.6 Å². The predicted octanol–water partition coefficient (Wildman–Crippen LogP) is 3.31. The molecule has 0 saturated carbocycles. The van der Waals surface area contributed by atoms with Gasteiger partial charge in [-0.3, -0.25) is 4.79 Å². The molecule has 2 aromatic carbocycles. The summed E-state index contributed by atoms with van der Waals surface area (Å²) in [5.41, 5.74) is 0.363. The number of hydrogen-bond acceptors (Lipinski definition) is 3. The van der Waals surface area contributed by atoms with Crippen molar-refractivity contribution in [1.29, 1.82) is 0 Å². The molecule has 27 heavy (non-hydrogen) atoms. The van der Waals surface area contributed by atoms with Crippen molar-refractivity contribution in [1.82, 2.24) is 9.62 Å². The second-order valence-corrected chi connectivity index (χ2v) is 8.83. The molecule has 0 unspecified atom stereocenters. The van der Waals surface area contributed by atoms with Crippen LogP contribution in [0.4, 0.5) is 8.78 Å². The van der Waals surface area contributed by atoms with E-state index in [1.165, 1.54) is 30.3 Å². The first-order chi connectivity index (χ1) is 12.8. The summed E-state index contributed by atoms with van der Waals surface area (Å²) < 4.78 is 53.9. The van der Waals surface area contributed by atoms with Crippen LogP contribution in [0.3, 0.4) is 0 Å². The number of benzene rings is 2. The summed E-state index contributed by atoms with van der Waals surface area (Å²) in [6.45, 7) is 0.749. The van der Waals surface area contributed by atoms with Gasteiger partial charge in [0.25, 0.3) is 5.91 Å². The first kappa shape index (κ1) is 19.9. The highest BCUT2D eigenvalue weighted by atomic mass is 79.9. The molecule has 0 bridgehead atoms. The van der Waals surface area contributed by atoms with Gasteiger partial charge in [0.15, 0.2) is 0 Å². The van der Waals surface area contributed by atoms with Gasteiger partial charge >= 0.3 is 0 Å². The van der Waals surface area contributed by atoms with Crippen LogP contribution in [0, 0.1) is 11.6 Å². The Labute approximate surface area is 164 Å². The second kappa shape index (κ2) is 8.04. The third-order valence-electron chi connectivity index (χ3n) is 4.39. The minimum absolute atomic E-state index is 0.00218. The van der Waals surface area contributed by atoms with Crippen molar-refractivity contribution in [3.63, 3.8) is 0 Å². The van der Waals surface area contributed by atoms with E-state index >= 15 is 0 Å². The Bertz CT molecular complexity index is 944. The first-order valence-corrected chi connectivity index (χ1v) is 10.6. The Hall–Kier alpha value is -1.84. The lowest BCUT2D eigenvalue weighted by Gasteiger charge is -2.32. The maximum atomic E-state index is 13.2. The minimum atomic E-state index is -3.75. The Morgan fingerprint density at radius 1 is 1.04 bits per heavy atom. The molecule has 1 aliphatic rings. The molecular weight excluding hydrogens is 442 g/mol. The molecule has 0 aliphatic carbocycles. The molecule has 1 fully saturated rings. The predicted molar refractivity (Wildman–Crippen MR) is 99.7 cm³/mol. The largest absolute Gasteiger partial charge is 0.338 e. The summed E-state index contributed by atoms with van der Waals surface area (Å²) in [6.07, 6.45) is 0.899. The standard InChI is InChI=1S/C18H17BrF2N2O3S/c19-17-11-13(21)3-6-16(17)18(24)23-9-7-14(8-10-23)22-27(25,26)15-4-1-12(20)2-5-15/h1-6,11,14,22H,7-10H2. The molecule has 3 rings (SSSR count). The lowest BCUT2D eigenvalue weighted by Crippen LogP contribution is -2.46. The molecule has 1 amide bonds. The van der Waals surface area contributed by atoms with Crippen LogP contribution < -0.4 is 4.72 Å². The molecule has 9 heteroatoms. The number of likely N-dealkylation sites (tertiary alicyclic amines) is 1. The average molecular weight is 459 g/mol. The topological polar surface area (TPSA) is 66.5 Å². The van der Waals surface area contributed by atoms with Crippen LogP contribution in [0.15, 0.2) is 51.8 Å². The van der Waals surface area contributed by atoms with Gasteiger partial charge < -0.3 is 4.90 Å². The molecule has 1 aliphatic heterocycles. The monoisotopic (exact) mass is 458 g/mol. The molecule has 0 spiro atoms. The van der Waals surface area contributed by atoms with Crippen LogP contribution in [-0.2, 0) is 10.0 Å². The number of rotatable bonds is 4. The third-order valence-corrected chi connectivity index (χ3v) is 6.58. The van der Waals surface area contributed by atoms with E-state index in [4.69, 9.17) is 0 Å². The fraction of sp³-hybridized carbons (Fsp3) is 0.278. The highest BCUT2D eigenvalue weighted by Crippen LogP contribution is 2.22. The average Bonchev–Trinajstić information content (AvgIpc) is 2.62. The zero-order valence-electron chi connectivity index (χ0n) is 14.2. The summed E-state index contributed by atoms with van der Waals surface area (Å²) in [5, 5.41) is 0. The molecule has 2 aromatic rings. The summed E-state index contributed by atoms with van der Waals surface area (Å²) >= 11 is 3.19. The molecule has 5 nitrogen and oxygen atoms in total. The van der Waals surface area contributed by atoms with Gasteiger partial charge in [-0.1, -0.05) is 0 Å². The fourth-order valence-corrected chi connectivity index (χ4v) is 4.76. The summed E-state index contributed by atoms with van der Waals surface area (Å²) in [5.74, 6) is -1.18. The Morgan fingerprint density at radius 2 is 1.63 bits per heavy atom. The fourth-order valence-electron chi connectivity index (χ4n) is 2.93. The molecule has 0 radical (unpaired) electrons. The Balaban J connectivity index is 1.61. The van der Waals surface area contributed by atoms with Crippen LogP contribution in [-0.4, -0.2) is 38.4 Å². The Morgan fingerprint density at radius 3 is 2.22 bits per heavy atom. The van der Waals surface area contributed by atoms with Crippen molar-refractivity contribution in [2.24, 2.45) is 0 Å².